The first-order chi connectivity index (χ1) is 17.2. The molecule has 0 aliphatic carbocycles. The largest absolute Gasteiger partial charge is 0.352 e. The first-order valence-corrected chi connectivity index (χ1v) is 12.1. The van der Waals surface area contributed by atoms with E-state index in [0.29, 0.717) is 36.0 Å². The maximum Gasteiger partial charge on any atom is 0.274 e. The number of hydrogen-bond donors (Lipinski definition) is 3. The van der Waals surface area contributed by atoms with Gasteiger partial charge in [0.1, 0.15) is 23.2 Å². The molecular formula is C28H33N7O. The molecule has 1 fully saturated rings. The number of likely N-dealkylation sites (tertiary alicyclic amines) is 1. The van der Waals surface area contributed by atoms with Crippen LogP contribution in [-0.4, -0.2) is 44.5 Å². The molecular weight excluding hydrogens is 450 g/mol. The summed E-state index contributed by atoms with van der Waals surface area (Å²) in [6, 6.07) is 7.70. The Hall–Kier alpha value is -4.07. The molecule has 4 heterocycles. The Morgan fingerprint density at radius 2 is 2.03 bits per heavy atom. The molecule has 0 radical (unpaired) electrons. The van der Waals surface area contributed by atoms with Gasteiger partial charge in [0.25, 0.3) is 5.91 Å². The number of amidine groups is 2. The summed E-state index contributed by atoms with van der Waals surface area (Å²) in [7, 11) is 0. The van der Waals surface area contributed by atoms with Gasteiger partial charge in [-0.2, -0.15) is 0 Å². The molecule has 0 spiro atoms. The fourth-order valence-corrected chi connectivity index (χ4v) is 4.56. The summed E-state index contributed by atoms with van der Waals surface area (Å²) in [5.74, 6) is 1.40. The Bertz CT molecular complexity index is 1260. The smallest absolute Gasteiger partial charge is 0.274 e. The maximum absolute atomic E-state index is 12.8. The maximum atomic E-state index is 12.8. The van der Waals surface area contributed by atoms with E-state index in [1.54, 1.807) is 35.5 Å². The van der Waals surface area contributed by atoms with E-state index >= 15 is 0 Å². The van der Waals surface area contributed by atoms with Gasteiger partial charge in [-0.25, -0.2) is 4.98 Å². The molecule has 0 saturated carbocycles. The van der Waals surface area contributed by atoms with Crippen LogP contribution in [0.1, 0.15) is 55.2 Å². The number of fused-ring (bicyclic) bond motifs is 1. The van der Waals surface area contributed by atoms with Gasteiger partial charge in [0.15, 0.2) is 0 Å². The molecule has 36 heavy (non-hydrogen) atoms. The summed E-state index contributed by atoms with van der Waals surface area (Å²) in [6.07, 6.45) is 11.2. The van der Waals surface area contributed by atoms with Gasteiger partial charge >= 0.3 is 0 Å². The van der Waals surface area contributed by atoms with Gasteiger partial charge in [0, 0.05) is 43.1 Å². The number of rotatable bonds is 6. The fourth-order valence-electron chi connectivity index (χ4n) is 4.56. The third-order valence-corrected chi connectivity index (χ3v) is 6.66. The number of carbonyl (C=O) groups is 1. The van der Waals surface area contributed by atoms with Gasteiger partial charge in [0.05, 0.1) is 0 Å². The Morgan fingerprint density at radius 3 is 2.72 bits per heavy atom. The number of allylic oxidation sites excluding steroid dienone is 3. The Labute approximate surface area is 212 Å². The number of carbonyl (C=O) groups excluding carboxylic acids is 1. The summed E-state index contributed by atoms with van der Waals surface area (Å²) in [6.45, 7) is 11.4. The highest BCUT2D eigenvalue weighted by Crippen LogP contribution is 2.31. The highest BCUT2D eigenvalue weighted by atomic mass is 16.1. The second-order valence-corrected chi connectivity index (χ2v) is 9.83. The lowest BCUT2D eigenvalue weighted by atomic mass is 10.0. The molecule has 3 N–H and O–H groups in total. The molecule has 1 saturated heterocycles. The molecule has 1 amide bonds. The molecule has 8 heteroatoms. The van der Waals surface area contributed by atoms with Crippen molar-refractivity contribution in [3.63, 3.8) is 0 Å². The Kier molecular flexibility index (Phi) is 7.15. The van der Waals surface area contributed by atoms with Crippen LogP contribution in [-0.2, 0) is 13.0 Å². The summed E-state index contributed by atoms with van der Waals surface area (Å²) in [5.41, 5.74) is 3.49. The summed E-state index contributed by atoms with van der Waals surface area (Å²) < 4.78 is 0. The van der Waals surface area contributed by atoms with Gasteiger partial charge in [-0.1, -0.05) is 24.8 Å². The average molecular weight is 484 g/mol. The summed E-state index contributed by atoms with van der Waals surface area (Å²) >= 11 is 0. The number of amides is 1. The second-order valence-electron chi connectivity index (χ2n) is 9.83. The van der Waals surface area contributed by atoms with E-state index in [1.807, 2.05) is 31.2 Å². The first kappa shape index (κ1) is 25.0. The summed E-state index contributed by atoms with van der Waals surface area (Å²) in [4.78, 5) is 25.6. The Balaban J connectivity index is 1.37. The minimum Gasteiger partial charge on any atom is -0.352 e. The van der Waals surface area contributed by atoms with Crippen LogP contribution in [0.25, 0.3) is 0 Å². The van der Waals surface area contributed by atoms with Gasteiger partial charge in [-0.05, 0) is 74.6 Å². The predicted octanol–water partition coefficient (Wildman–Crippen LogP) is 4.61. The zero-order chi connectivity index (χ0) is 25.9. The fraction of sp³-hybridized carbons (Fsp3) is 0.321. The minimum absolute atomic E-state index is 0.235. The van der Waals surface area contributed by atoms with Crippen molar-refractivity contribution in [3.05, 3.63) is 89.6 Å². The van der Waals surface area contributed by atoms with E-state index in [2.05, 4.69) is 40.6 Å². The van der Waals surface area contributed by atoms with Crippen molar-refractivity contribution in [1.82, 2.24) is 20.2 Å². The monoisotopic (exact) mass is 483 g/mol. The zero-order valence-corrected chi connectivity index (χ0v) is 21.1. The van der Waals surface area contributed by atoms with Crippen molar-refractivity contribution >= 4 is 23.4 Å². The lowest BCUT2D eigenvalue weighted by Gasteiger charge is -2.33. The number of aromatic nitrogens is 2. The van der Waals surface area contributed by atoms with E-state index in [4.69, 9.17) is 10.8 Å². The van der Waals surface area contributed by atoms with E-state index in [1.165, 1.54) is 0 Å². The van der Waals surface area contributed by atoms with Crippen LogP contribution >= 0.6 is 0 Å². The molecule has 0 aromatic carbocycles. The zero-order valence-electron chi connectivity index (χ0n) is 21.1. The average Bonchev–Trinajstić information content (AvgIpc) is 3.14. The third kappa shape index (κ3) is 5.43. The lowest BCUT2D eigenvalue weighted by Crippen LogP contribution is -2.44. The second kappa shape index (κ2) is 10.3. The van der Waals surface area contributed by atoms with Crippen LogP contribution in [0.5, 0.6) is 0 Å². The summed E-state index contributed by atoms with van der Waals surface area (Å²) in [5, 5.41) is 19.5. The molecule has 2 aromatic rings. The van der Waals surface area contributed by atoms with Crippen LogP contribution in [0.15, 0.2) is 72.7 Å². The van der Waals surface area contributed by atoms with E-state index in [-0.39, 0.29) is 11.4 Å². The number of nitrogens with zero attached hydrogens (tertiary/aromatic N) is 4. The normalized spacial score (nSPS) is 17.3. The van der Waals surface area contributed by atoms with Crippen molar-refractivity contribution in [2.45, 2.75) is 52.1 Å². The molecule has 0 atom stereocenters. The Morgan fingerprint density at radius 1 is 1.22 bits per heavy atom. The van der Waals surface area contributed by atoms with Crippen molar-refractivity contribution in [2.75, 3.05) is 11.4 Å². The van der Waals surface area contributed by atoms with Crippen molar-refractivity contribution < 1.29 is 4.79 Å². The standard InChI is InChI=1S/C28H33N7O/c1-19(26(30)35-24(29)11-13-28(35,3)4)8-7-9-20(2)33-27(36)23-16-22-18-34(15-12-21(22)17-32-23)25-10-5-6-14-31-25/h5-10,14,16-17,29-30H,2,11-13,15,18H2,1,3-4H3,(H,33,36)/b9-7-,19-8+,29-24?,30-26?. The highest BCUT2D eigenvalue weighted by Gasteiger charge is 2.38. The third-order valence-electron chi connectivity index (χ3n) is 6.66. The number of hydrogen-bond acceptors (Lipinski definition) is 6. The molecule has 2 aliphatic rings. The van der Waals surface area contributed by atoms with Gasteiger partial charge in [0.2, 0.25) is 0 Å². The van der Waals surface area contributed by atoms with E-state index in [9.17, 15) is 4.79 Å². The quantitative estimate of drug-likeness (QED) is 0.316. The van der Waals surface area contributed by atoms with Crippen LogP contribution in [0.4, 0.5) is 5.82 Å². The van der Waals surface area contributed by atoms with Crippen LogP contribution < -0.4 is 10.2 Å². The van der Waals surface area contributed by atoms with Gasteiger partial charge in [-0.15, -0.1) is 0 Å². The van der Waals surface area contributed by atoms with Crippen LogP contribution in [0, 0.1) is 10.8 Å². The molecule has 4 rings (SSSR count). The molecule has 2 aromatic heterocycles. The van der Waals surface area contributed by atoms with E-state index in [0.717, 1.165) is 41.9 Å². The SMILES string of the molecule is C=C(/C=C\C=C(/C)C(=N)N1C(=N)CCC1(C)C)NC(=O)c1cc2c(cn1)CCN(c1ccccn1)C2. The molecule has 8 nitrogen and oxygen atoms in total. The topological polar surface area (TPSA) is 109 Å². The predicted molar refractivity (Wildman–Crippen MR) is 143 cm³/mol. The first-order valence-electron chi connectivity index (χ1n) is 12.1. The van der Waals surface area contributed by atoms with Gasteiger partial charge in [-0.3, -0.25) is 20.6 Å². The molecule has 0 bridgehead atoms. The minimum atomic E-state index is -0.317. The highest BCUT2D eigenvalue weighted by molar-refractivity contribution is 6.08. The van der Waals surface area contributed by atoms with Crippen molar-refractivity contribution in [2.24, 2.45) is 0 Å². The van der Waals surface area contributed by atoms with Crippen LogP contribution in [0.2, 0.25) is 0 Å². The van der Waals surface area contributed by atoms with E-state index < -0.39 is 0 Å². The number of nitrogens with one attached hydrogen (secondary N) is 3. The number of anilines is 1. The van der Waals surface area contributed by atoms with Crippen LogP contribution in [0.3, 0.4) is 0 Å². The lowest BCUT2D eigenvalue weighted by molar-refractivity contribution is 0.0962. The van der Waals surface area contributed by atoms with Crippen molar-refractivity contribution in [1.29, 1.82) is 10.8 Å². The number of pyridine rings is 2. The van der Waals surface area contributed by atoms with Gasteiger partial charge < -0.3 is 15.1 Å². The molecule has 2 aliphatic heterocycles. The molecule has 186 valence electrons. The molecule has 0 unspecified atom stereocenters. The van der Waals surface area contributed by atoms with Crippen molar-refractivity contribution in [3.8, 4) is 0 Å².